The van der Waals surface area contributed by atoms with E-state index in [1.54, 1.807) is 18.2 Å². The quantitative estimate of drug-likeness (QED) is 0.755. The summed E-state index contributed by atoms with van der Waals surface area (Å²) in [5.41, 5.74) is 3.24. The number of aryl methyl sites for hydroxylation is 1. The molecule has 5 nitrogen and oxygen atoms in total. The van der Waals surface area contributed by atoms with Crippen molar-refractivity contribution in [2.45, 2.75) is 18.6 Å². The van der Waals surface area contributed by atoms with Crippen LogP contribution in [0.1, 0.15) is 11.1 Å². The van der Waals surface area contributed by atoms with Crippen molar-refractivity contribution in [3.8, 4) is 0 Å². The number of rotatable bonds is 3. The molecule has 0 fully saturated rings. The predicted molar refractivity (Wildman–Crippen MR) is 79.8 cm³/mol. The summed E-state index contributed by atoms with van der Waals surface area (Å²) in [6, 6.07) is 14.8. The summed E-state index contributed by atoms with van der Waals surface area (Å²) >= 11 is 0. The Kier molecular flexibility index (Phi) is 3.27. The number of imidazole rings is 1. The van der Waals surface area contributed by atoms with E-state index in [-0.39, 0.29) is 5.16 Å². The molecule has 0 saturated heterocycles. The van der Waals surface area contributed by atoms with E-state index in [0.717, 1.165) is 11.1 Å². The van der Waals surface area contributed by atoms with Gasteiger partial charge in [-0.05, 0) is 30.2 Å². The molecule has 0 bridgehead atoms. The van der Waals surface area contributed by atoms with Crippen molar-refractivity contribution in [2.75, 3.05) is 0 Å². The largest absolute Gasteiger partial charge is 0.328 e. The van der Waals surface area contributed by atoms with Crippen LogP contribution >= 0.6 is 0 Å². The zero-order valence-corrected chi connectivity index (χ0v) is 12.2. The molecule has 0 amide bonds. The van der Waals surface area contributed by atoms with E-state index in [1.807, 2.05) is 37.3 Å². The van der Waals surface area contributed by atoms with Crippen molar-refractivity contribution >= 4 is 21.2 Å². The minimum Gasteiger partial charge on any atom is -0.308 e. The molecule has 0 aliphatic carbocycles. The molecule has 0 saturated carbocycles. The number of hydrogen-bond acceptors (Lipinski definition) is 3. The van der Waals surface area contributed by atoms with Crippen LogP contribution < -0.4 is 0 Å². The Morgan fingerprint density at radius 3 is 2.48 bits per heavy atom. The van der Waals surface area contributed by atoms with Crippen molar-refractivity contribution in [3.63, 3.8) is 0 Å². The summed E-state index contributed by atoms with van der Waals surface area (Å²) in [4.78, 5) is 4.03. The average Bonchev–Trinajstić information content (AvgIpc) is 2.80. The molecule has 0 unspecified atom stereocenters. The maximum Gasteiger partial charge on any atom is 0.328 e. The Hall–Kier alpha value is -2.18. The van der Waals surface area contributed by atoms with E-state index in [9.17, 15) is 13.0 Å². The van der Waals surface area contributed by atoms with E-state index in [0.29, 0.717) is 17.6 Å². The summed E-state index contributed by atoms with van der Waals surface area (Å²) < 4.78 is 34.1. The normalized spacial score (nSPS) is 11.9. The Bertz CT molecular complexity index is 914. The first-order valence-electron chi connectivity index (χ1n) is 6.44. The Labute approximate surface area is 122 Å². The molecule has 1 heterocycles. The molecule has 3 rings (SSSR count). The molecule has 1 aromatic heterocycles. The molecule has 0 radical (unpaired) electrons. The lowest BCUT2D eigenvalue weighted by molar-refractivity contribution is 0.467. The second-order valence-electron chi connectivity index (χ2n) is 4.87. The van der Waals surface area contributed by atoms with E-state index in [2.05, 4.69) is 4.98 Å². The second kappa shape index (κ2) is 4.98. The van der Waals surface area contributed by atoms with Gasteiger partial charge in [0.25, 0.3) is 5.16 Å². The molecular weight excluding hydrogens is 288 g/mol. The molecule has 0 aliphatic rings. The van der Waals surface area contributed by atoms with Crippen LogP contribution in [0.4, 0.5) is 0 Å². The van der Waals surface area contributed by atoms with Crippen molar-refractivity contribution in [2.24, 2.45) is 0 Å². The van der Waals surface area contributed by atoms with Crippen LogP contribution in [0.3, 0.4) is 0 Å². The summed E-state index contributed by atoms with van der Waals surface area (Å²) in [5, 5.41) is -0.327. The highest BCUT2D eigenvalue weighted by Crippen LogP contribution is 2.21. The molecule has 0 atom stereocenters. The van der Waals surface area contributed by atoms with E-state index >= 15 is 0 Å². The molecule has 3 aromatic rings. The van der Waals surface area contributed by atoms with Crippen LogP contribution in [0.25, 0.3) is 11.0 Å². The van der Waals surface area contributed by atoms with E-state index < -0.39 is 10.1 Å². The second-order valence-corrected chi connectivity index (χ2v) is 6.19. The average molecular weight is 302 g/mol. The molecule has 1 N–H and O–H groups in total. The Morgan fingerprint density at radius 1 is 1.10 bits per heavy atom. The maximum absolute atomic E-state index is 11.6. The standard InChI is InChI=1S/C15H14N2O3S/c1-11-6-2-3-7-12(11)10-17-14-9-5-4-8-13(14)16-15(17)21(18,19)20/h2-9H,10H2,1H3,(H,18,19,20). The van der Waals surface area contributed by atoms with Gasteiger partial charge in [-0.3, -0.25) is 4.55 Å². The maximum atomic E-state index is 11.6. The molecule has 0 aliphatic heterocycles. The van der Waals surface area contributed by atoms with Gasteiger partial charge in [-0.1, -0.05) is 36.4 Å². The zero-order chi connectivity index (χ0) is 15.0. The number of fused-ring (bicyclic) bond motifs is 1. The van der Waals surface area contributed by atoms with Crippen molar-refractivity contribution < 1.29 is 13.0 Å². The van der Waals surface area contributed by atoms with Crippen LogP contribution in [0, 0.1) is 6.92 Å². The van der Waals surface area contributed by atoms with Crippen molar-refractivity contribution in [3.05, 3.63) is 59.7 Å². The predicted octanol–water partition coefficient (Wildman–Crippen LogP) is 2.64. The van der Waals surface area contributed by atoms with E-state index in [4.69, 9.17) is 0 Å². The lowest BCUT2D eigenvalue weighted by atomic mass is 10.1. The van der Waals surface area contributed by atoms with Crippen molar-refractivity contribution in [1.82, 2.24) is 9.55 Å². The third-order valence-electron chi connectivity index (χ3n) is 3.44. The molecule has 108 valence electrons. The Morgan fingerprint density at radius 2 is 1.76 bits per heavy atom. The fraction of sp³-hybridized carbons (Fsp3) is 0.133. The van der Waals surface area contributed by atoms with Crippen molar-refractivity contribution in [1.29, 1.82) is 0 Å². The number of aromatic nitrogens is 2. The van der Waals surface area contributed by atoms with Gasteiger partial charge in [-0.15, -0.1) is 0 Å². The molecule has 21 heavy (non-hydrogen) atoms. The highest BCUT2D eigenvalue weighted by atomic mass is 32.2. The highest BCUT2D eigenvalue weighted by Gasteiger charge is 2.21. The van der Waals surface area contributed by atoms with Gasteiger partial charge in [0.1, 0.15) is 0 Å². The third kappa shape index (κ3) is 2.55. The van der Waals surface area contributed by atoms with Crippen LogP contribution in [-0.4, -0.2) is 22.5 Å². The minimum absolute atomic E-state index is 0.327. The summed E-state index contributed by atoms with van der Waals surface area (Å²) in [7, 11) is -4.38. The smallest absolute Gasteiger partial charge is 0.308 e. The van der Waals surface area contributed by atoms with Gasteiger partial charge in [0.05, 0.1) is 17.6 Å². The van der Waals surface area contributed by atoms with Crippen LogP contribution in [-0.2, 0) is 16.7 Å². The van der Waals surface area contributed by atoms with Gasteiger partial charge in [0, 0.05) is 0 Å². The first-order chi connectivity index (χ1) is 9.97. The number of para-hydroxylation sites is 2. The fourth-order valence-electron chi connectivity index (χ4n) is 2.36. The fourth-order valence-corrected chi connectivity index (χ4v) is 3.02. The molecule has 2 aromatic carbocycles. The highest BCUT2D eigenvalue weighted by molar-refractivity contribution is 7.85. The van der Waals surface area contributed by atoms with Gasteiger partial charge in [-0.2, -0.15) is 8.42 Å². The van der Waals surface area contributed by atoms with Gasteiger partial charge in [0.2, 0.25) is 0 Å². The SMILES string of the molecule is Cc1ccccc1Cn1c(S(=O)(=O)O)nc2ccccc21. The number of nitrogens with zero attached hydrogens (tertiary/aromatic N) is 2. The summed E-state index contributed by atoms with van der Waals surface area (Å²) in [6.07, 6.45) is 0. The molecule has 6 heteroatoms. The summed E-state index contributed by atoms with van der Waals surface area (Å²) in [6.45, 7) is 2.30. The number of hydrogen-bond donors (Lipinski definition) is 1. The van der Waals surface area contributed by atoms with Gasteiger partial charge < -0.3 is 4.57 Å². The third-order valence-corrected chi connectivity index (χ3v) is 4.21. The first kappa shape index (κ1) is 13.8. The first-order valence-corrected chi connectivity index (χ1v) is 7.88. The molecule has 0 spiro atoms. The van der Waals surface area contributed by atoms with Crippen LogP contribution in [0.5, 0.6) is 0 Å². The summed E-state index contributed by atoms with van der Waals surface area (Å²) in [5.74, 6) is 0. The van der Waals surface area contributed by atoms with Gasteiger partial charge in [0.15, 0.2) is 0 Å². The number of benzene rings is 2. The van der Waals surface area contributed by atoms with Gasteiger partial charge in [-0.25, -0.2) is 4.98 Å². The zero-order valence-electron chi connectivity index (χ0n) is 11.4. The van der Waals surface area contributed by atoms with E-state index in [1.165, 1.54) is 4.57 Å². The molecular formula is C15H14N2O3S. The topological polar surface area (TPSA) is 72.2 Å². The Balaban J connectivity index is 2.23. The van der Waals surface area contributed by atoms with Gasteiger partial charge >= 0.3 is 10.1 Å². The van der Waals surface area contributed by atoms with Crippen LogP contribution in [0.2, 0.25) is 0 Å². The monoisotopic (exact) mass is 302 g/mol. The van der Waals surface area contributed by atoms with Crippen LogP contribution in [0.15, 0.2) is 53.7 Å². The minimum atomic E-state index is -4.38. The lowest BCUT2D eigenvalue weighted by Crippen LogP contribution is -2.11. The lowest BCUT2D eigenvalue weighted by Gasteiger charge is -2.10.